The number of anilines is 2. The predicted molar refractivity (Wildman–Crippen MR) is 116 cm³/mol. The van der Waals surface area contributed by atoms with Crippen LogP contribution in [0, 0.1) is 11.3 Å². The molecule has 3 amide bonds. The van der Waals surface area contributed by atoms with E-state index < -0.39 is 0 Å². The van der Waals surface area contributed by atoms with E-state index in [1.165, 1.54) is 4.90 Å². The van der Waals surface area contributed by atoms with Gasteiger partial charge in [0.25, 0.3) is 0 Å². The highest BCUT2D eigenvalue weighted by molar-refractivity contribution is 5.97. The fourth-order valence-electron chi connectivity index (χ4n) is 2.94. The minimum Gasteiger partial charge on any atom is -0.347 e. The first-order valence-corrected chi connectivity index (χ1v) is 9.92. The Labute approximate surface area is 176 Å². The normalized spacial score (nSPS) is 10.0. The summed E-state index contributed by atoms with van der Waals surface area (Å²) < 4.78 is 0. The number of carbonyl (C=O) groups is 3. The Morgan fingerprint density at radius 1 is 0.967 bits per heavy atom. The zero-order valence-electron chi connectivity index (χ0n) is 17.1. The van der Waals surface area contributed by atoms with Crippen LogP contribution in [-0.2, 0) is 20.8 Å². The highest BCUT2D eigenvalue weighted by Crippen LogP contribution is 2.16. The third kappa shape index (κ3) is 7.06. The van der Waals surface area contributed by atoms with Gasteiger partial charge in [-0.1, -0.05) is 43.3 Å². The Hall–Kier alpha value is -3.66. The van der Waals surface area contributed by atoms with E-state index >= 15 is 0 Å². The van der Waals surface area contributed by atoms with Gasteiger partial charge in [-0.25, -0.2) is 0 Å². The molecule has 156 valence electrons. The molecule has 0 aliphatic carbocycles. The Morgan fingerprint density at radius 2 is 1.67 bits per heavy atom. The minimum atomic E-state index is -0.379. The van der Waals surface area contributed by atoms with Crippen molar-refractivity contribution in [3.63, 3.8) is 0 Å². The summed E-state index contributed by atoms with van der Waals surface area (Å²) in [6.07, 6.45) is 0.945. The molecule has 0 bridgehead atoms. The molecule has 2 N–H and O–H groups in total. The summed E-state index contributed by atoms with van der Waals surface area (Å²) in [6, 6.07) is 18.6. The van der Waals surface area contributed by atoms with E-state index in [1.54, 1.807) is 12.1 Å². The topological polar surface area (TPSA) is 102 Å². The number of nitrogens with zero attached hydrogens (tertiary/aromatic N) is 2. The van der Waals surface area contributed by atoms with E-state index in [0.29, 0.717) is 5.69 Å². The number of hydrogen-bond acceptors (Lipinski definition) is 4. The largest absolute Gasteiger partial charge is 0.347 e. The molecule has 0 spiro atoms. The highest BCUT2D eigenvalue weighted by atomic mass is 16.2. The maximum atomic E-state index is 12.6. The van der Waals surface area contributed by atoms with Crippen LogP contribution in [0.25, 0.3) is 0 Å². The van der Waals surface area contributed by atoms with Crippen molar-refractivity contribution in [2.75, 3.05) is 23.3 Å². The molecule has 7 nitrogen and oxygen atoms in total. The molecule has 2 aromatic rings. The zero-order chi connectivity index (χ0) is 21.8. The van der Waals surface area contributed by atoms with Crippen LogP contribution in [-0.4, -0.2) is 30.8 Å². The van der Waals surface area contributed by atoms with Gasteiger partial charge in [0.15, 0.2) is 0 Å². The third-order valence-corrected chi connectivity index (χ3v) is 4.50. The summed E-state index contributed by atoms with van der Waals surface area (Å²) in [5, 5.41) is 14.2. The van der Waals surface area contributed by atoms with Crippen LogP contribution in [0.1, 0.15) is 31.7 Å². The van der Waals surface area contributed by atoms with Crippen LogP contribution in [0.3, 0.4) is 0 Å². The average Bonchev–Trinajstić information content (AvgIpc) is 2.77. The SMILES string of the molecule is CCc1ccccc1NC(=O)CNC(=O)CCC(=O)N(CCC#N)c1ccccc1. The van der Waals surface area contributed by atoms with Crippen LogP contribution >= 0.6 is 0 Å². The van der Waals surface area contributed by atoms with Gasteiger partial charge in [0, 0.05) is 30.8 Å². The third-order valence-electron chi connectivity index (χ3n) is 4.50. The molecule has 2 rings (SSSR count). The number of rotatable bonds is 10. The van der Waals surface area contributed by atoms with Crippen LogP contribution in [0.15, 0.2) is 54.6 Å². The molecule has 0 aliphatic rings. The van der Waals surface area contributed by atoms with Crippen molar-refractivity contribution in [1.82, 2.24) is 5.32 Å². The number of aryl methyl sites for hydroxylation is 1. The Morgan fingerprint density at radius 3 is 2.37 bits per heavy atom. The molecule has 0 aromatic heterocycles. The standard InChI is InChI=1S/C23H26N4O3/c1-2-18-9-6-7-12-20(18)26-22(29)17-25-21(28)13-14-23(30)27(16-8-15-24)19-10-4-3-5-11-19/h3-7,9-12H,2,8,13-14,16-17H2,1H3,(H,25,28)(H,26,29). The predicted octanol–water partition coefficient (Wildman–Crippen LogP) is 3.03. The molecule has 0 unspecified atom stereocenters. The van der Waals surface area contributed by atoms with Gasteiger partial charge >= 0.3 is 0 Å². The summed E-state index contributed by atoms with van der Waals surface area (Å²) in [5.74, 6) is -0.945. The fraction of sp³-hybridized carbons (Fsp3) is 0.304. The van der Waals surface area contributed by atoms with E-state index in [4.69, 9.17) is 5.26 Å². The first-order chi connectivity index (χ1) is 14.5. The molecule has 0 aliphatic heterocycles. The van der Waals surface area contributed by atoms with Crippen molar-refractivity contribution in [2.45, 2.75) is 32.6 Å². The molecule has 0 saturated carbocycles. The van der Waals surface area contributed by atoms with Gasteiger partial charge < -0.3 is 15.5 Å². The van der Waals surface area contributed by atoms with E-state index in [1.807, 2.05) is 55.5 Å². The number of carbonyl (C=O) groups excluding carboxylic acids is 3. The molecule has 0 atom stereocenters. The quantitative estimate of drug-likeness (QED) is 0.633. The Balaban J connectivity index is 1.82. The van der Waals surface area contributed by atoms with Crippen LogP contribution < -0.4 is 15.5 Å². The van der Waals surface area contributed by atoms with Gasteiger partial charge in [-0.05, 0) is 30.2 Å². The zero-order valence-corrected chi connectivity index (χ0v) is 17.1. The van der Waals surface area contributed by atoms with E-state index in [-0.39, 0.29) is 50.1 Å². The summed E-state index contributed by atoms with van der Waals surface area (Å²) in [5.41, 5.74) is 2.43. The van der Waals surface area contributed by atoms with Crippen molar-refractivity contribution < 1.29 is 14.4 Å². The average molecular weight is 406 g/mol. The molecule has 7 heteroatoms. The monoisotopic (exact) mass is 406 g/mol. The van der Waals surface area contributed by atoms with Crippen LogP contribution in [0.5, 0.6) is 0 Å². The number of nitrogens with one attached hydrogen (secondary N) is 2. The second-order valence-corrected chi connectivity index (χ2v) is 6.62. The fourth-order valence-corrected chi connectivity index (χ4v) is 2.94. The van der Waals surface area contributed by atoms with Gasteiger partial charge in [-0.3, -0.25) is 14.4 Å². The Bertz CT molecular complexity index is 906. The van der Waals surface area contributed by atoms with Crippen molar-refractivity contribution >= 4 is 29.1 Å². The van der Waals surface area contributed by atoms with Gasteiger partial charge in [-0.15, -0.1) is 0 Å². The molecule has 0 heterocycles. The minimum absolute atomic E-state index is 0.00750. The summed E-state index contributed by atoms with van der Waals surface area (Å²) in [6.45, 7) is 2.10. The molecule has 2 aromatic carbocycles. The second kappa shape index (κ2) is 12.0. The lowest BCUT2D eigenvalue weighted by atomic mass is 10.1. The number of para-hydroxylation sites is 2. The molecular weight excluding hydrogens is 380 g/mol. The van der Waals surface area contributed by atoms with Crippen LogP contribution in [0.4, 0.5) is 11.4 Å². The maximum absolute atomic E-state index is 12.6. The van der Waals surface area contributed by atoms with Gasteiger partial charge in [0.1, 0.15) is 0 Å². The lowest BCUT2D eigenvalue weighted by molar-refractivity contribution is -0.126. The molecule has 0 radical (unpaired) electrons. The summed E-state index contributed by atoms with van der Waals surface area (Å²) >= 11 is 0. The number of benzene rings is 2. The molecule has 0 saturated heterocycles. The van der Waals surface area contributed by atoms with Crippen molar-refractivity contribution in [3.8, 4) is 6.07 Å². The first kappa shape index (κ1) is 22.6. The van der Waals surface area contributed by atoms with Crippen molar-refractivity contribution in [2.24, 2.45) is 0 Å². The number of hydrogen-bond donors (Lipinski definition) is 2. The molecule has 0 fully saturated rings. The van der Waals surface area contributed by atoms with Crippen LogP contribution in [0.2, 0.25) is 0 Å². The summed E-state index contributed by atoms with van der Waals surface area (Å²) in [4.78, 5) is 38.3. The molecular formula is C23H26N4O3. The number of nitriles is 1. The highest BCUT2D eigenvalue weighted by Gasteiger charge is 2.17. The van der Waals surface area contributed by atoms with Gasteiger partial charge in [-0.2, -0.15) is 5.26 Å². The van der Waals surface area contributed by atoms with Crippen molar-refractivity contribution in [3.05, 3.63) is 60.2 Å². The number of amides is 3. The van der Waals surface area contributed by atoms with Gasteiger partial charge in [0.2, 0.25) is 17.7 Å². The van der Waals surface area contributed by atoms with E-state index in [0.717, 1.165) is 17.7 Å². The Kier molecular flexibility index (Phi) is 9.07. The lowest BCUT2D eigenvalue weighted by Gasteiger charge is -2.21. The smallest absolute Gasteiger partial charge is 0.243 e. The van der Waals surface area contributed by atoms with E-state index in [2.05, 4.69) is 10.6 Å². The second-order valence-electron chi connectivity index (χ2n) is 6.62. The summed E-state index contributed by atoms with van der Waals surface area (Å²) in [7, 11) is 0. The van der Waals surface area contributed by atoms with Gasteiger partial charge in [0.05, 0.1) is 19.0 Å². The molecule has 30 heavy (non-hydrogen) atoms. The maximum Gasteiger partial charge on any atom is 0.243 e. The van der Waals surface area contributed by atoms with E-state index in [9.17, 15) is 14.4 Å². The van der Waals surface area contributed by atoms with Crippen molar-refractivity contribution in [1.29, 1.82) is 5.26 Å². The lowest BCUT2D eigenvalue weighted by Crippen LogP contribution is -2.35. The first-order valence-electron chi connectivity index (χ1n) is 9.92.